The van der Waals surface area contributed by atoms with Crippen molar-refractivity contribution in [2.75, 3.05) is 10.2 Å². The fourth-order valence-electron chi connectivity index (χ4n) is 4.41. The lowest BCUT2D eigenvalue weighted by atomic mass is 10.2. The van der Waals surface area contributed by atoms with Crippen molar-refractivity contribution in [3.63, 3.8) is 0 Å². The van der Waals surface area contributed by atoms with Gasteiger partial charge in [0.1, 0.15) is 11.5 Å². The number of hydrogen-bond donors (Lipinski definition) is 2. The van der Waals surface area contributed by atoms with E-state index in [-0.39, 0.29) is 12.2 Å². The lowest BCUT2D eigenvalue weighted by molar-refractivity contribution is 0.0940. The zero-order valence-corrected chi connectivity index (χ0v) is 16.8. The van der Waals surface area contributed by atoms with E-state index < -0.39 is 0 Å². The fraction of sp³-hybridized carbons (Fsp3) is 0.240. The summed E-state index contributed by atoms with van der Waals surface area (Å²) in [5.41, 5.74) is 2.80. The van der Waals surface area contributed by atoms with Gasteiger partial charge in [0.15, 0.2) is 6.29 Å². The first-order valence-electron chi connectivity index (χ1n) is 10.6. The van der Waals surface area contributed by atoms with E-state index in [0.717, 1.165) is 30.0 Å². The summed E-state index contributed by atoms with van der Waals surface area (Å²) >= 11 is 0. The average molecular weight is 399 g/mol. The maximum Gasteiger partial charge on any atom is 0.254 e. The van der Waals surface area contributed by atoms with Crippen LogP contribution in [0.4, 0.5) is 11.4 Å². The standard InChI is InChI=1S/C25H25N3O2/c29-24(18-9-8-14-21(17-18)30-20-12-2-1-3-13-20)27-25-26-22-15-6-7-16-23(22)28(25)19-10-4-5-11-19/h1-3,6-9,12-17,19,25-26H,4-5,10-11H2,(H,27,29). The molecule has 1 unspecified atom stereocenters. The Bertz CT molecular complexity index is 1030. The molecule has 1 fully saturated rings. The molecule has 1 amide bonds. The number of nitrogens with one attached hydrogen (secondary N) is 2. The predicted octanol–water partition coefficient (Wildman–Crippen LogP) is 5.37. The summed E-state index contributed by atoms with van der Waals surface area (Å²) < 4.78 is 5.89. The number of rotatable bonds is 5. The second-order valence-corrected chi connectivity index (χ2v) is 7.83. The molecule has 5 nitrogen and oxygen atoms in total. The molecule has 30 heavy (non-hydrogen) atoms. The Morgan fingerprint density at radius 2 is 1.63 bits per heavy atom. The first-order valence-corrected chi connectivity index (χ1v) is 10.6. The largest absolute Gasteiger partial charge is 0.457 e. The first kappa shape index (κ1) is 18.6. The molecule has 2 aliphatic rings. The van der Waals surface area contributed by atoms with Gasteiger partial charge in [0.05, 0.1) is 11.4 Å². The summed E-state index contributed by atoms with van der Waals surface area (Å²) in [7, 11) is 0. The molecule has 1 saturated carbocycles. The van der Waals surface area contributed by atoms with E-state index in [1.54, 1.807) is 6.07 Å². The molecule has 0 bridgehead atoms. The van der Waals surface area contributed by atoms with Crippen molar-refractivity contribution in [3.8, 4) is 11.5 Å². The fourth-order valence-corrected chi connectivity index (χ4v) is 4.41. The Balaban J connectivity index is 1.34. The lowest BCUT2D eigenvalue weighted by Gasteiger charge is -2.32. The van der Waals surface area contributed by atoms with Crippen molar-refractivity contribution in [3.05, 3.63) is 84.4 Å². The Kier molecular flexibility index (Phi) is 5.01. The number of amides is 1. The van der Waals surface area contributed by atoms with E-state index in [2.05, 4.69) is 33.7 Å². The molecule has 2 N–H and O–H groups in total. The summed E-state index contributed by atoms with van der Waals surface area (Å²) in [4.78, 5) is 15.4. The molecular formula is C25H25N3O2. The number of nitrogens with zero attached hydrogens (tertiary/aromatic N) is 1. The predicted molar refractivity (Wildman–Crippen MR) is 119 cm³/mol. The summed E-state index contributed by atoms with van der Waals surface area (Å²) in [5, 5.41) is 6.66. The Labute approximate surface area is 176 Å². The van der Waals surface area contributed by atoms with Crippen molar-refractivity contribution in [1.82, 2.24) is 5.32 Å². The SMILES string of the molecule is O=C(NC1Nc2ccccc2N1C1CCCC1)c1cccc(Oc2ccccc2)c1. The number of anilines is 2. The topological polar surface area (TPSA) is 53.6 Å². The molecule has 5 rings (SSSR count). The molecular weight excluding hydrogens is 374 g/mol. The number of fused-ring (bicyclic) bond motifs is 1. The second-order valence-electron chi connectivity index (χ2n) is 7.83. The maximum atomic E-state index is 13.1. The van der Waals surface area contributed by atoms with Gasteiger partial charge in [-0.1, -0.05) is 49.2 Å². The summed E-state index contributed by atoms with van der Waals surface area (Å²) in [6.07, 6.45) is 4.54. The number of ether oxygens (including phenoxy) is 1. The van der Waals surface area contributed by atoms with Crippen molar-refractivity contribution in [2.24, 2.45) is 0 Å². The molecule has 1 aliphatic heterocycles. The van der Waals surface area contributed by atoms with Crippen LogP contribution >= 0.6 is 0 Å². The highest BCUT2D eigenvalue weighted by atomic mass is 16.5. The van der Waals surface area contributed by atoms with Gasteiger partial charge in [0.2, 0.25) is 0 Å². The smallest absolute Gasteiger partial charge is 0.254 e. The van der Waals surface area contributed by atoms with Gasteiger partial charge in [0, 0.05) is 11.6 Å². The molecule has 0 saturated heterocycles. The third-order valence-corrected chi connectivity index (χ3v) is 5.81. The first-order chi connectivity index (χ1) is 14.8. The van der Waals surface area contributed by atoms with Crippen LogP contribution in [0.3, 0.4) is 0 Å². The monoisotopic (exact) mass is 399 g/mol. The minimum Gasteiger partial charge on any atom is -0.457 e. The summed E-state index contributed by atoms with van der Waals surface area (Å²) in [6, 6.07) is 25.6. The third kappa shape index (κ3) is 3.71. The number of hydrogen-bond acceptors (Lipinski definition) is 4. The van der Waals surface area contributed by atoms with Gasteiger partial charge in [-0.25, -0.2) is 0 Å². The highest BCUT2D eigenvalue weighted by Crippen LogP contribution is 2.39. The van der Waals surface area contributed by atoms with Crippen molar-refractivity contribution >= 4 is 17.3 Å². The Morgan fingerprint density at radius 3 is 2.47 bits per heavy atom. The van der Waals surface area contributed by atoms with Crippen LogP contribution in [0.25, 0.3) is 0 Å². The van der Waals surface area contributed by atoms with Gasteiger partial charge in [-0.05, 0) is 55.3 Å². The number of benzene rings is 3. The van der Waals surface area contributed by atoms with Crippen LogP contribution in [0.5, 0.6) is 11.5 Å². The number of para-hydroxylation sites is 3. The highest BCUT2D eigenvalue weighted by Gasteiger charge is 2.36. The van der Waals surface area contributed by atoms with Crippen LogP contribution in [-0.2, 0) is 0 Å². The molecule has 0 spiro atoms. The molecule has 3 aromatic rings. The van der Waals surface area contributed by atoms with Crippen LogP contribution in [-0.4, -0.2) is 18.2 Å². The van der Waals surface area contributed by atoms with E-state index in [1.807, 2.05) is 54.6 Å². The van der Waals surface area contributed by atoms with Crippen LogP contribution in [0.1, 0.15) is 36.0 Å². The Morgan fingerprint density at radius 1 is 0.900 bits per heavy atom. The van der Waals surface area contributed by atoms with Gasteiger partial charge in [-0.15, -0.1) is 0 Å². The number of carbonyl (C=O) groups is 1. The van der Waals surface area contributed by atoms with E-state index in [4.69, 9.17) is 4.74 Å². The minimum atomic E-state index is -0.253. The zero-order chi connectivity index (χ0) is 20.3. The van der Waals surface area contributed by atoms with Gasteiger partial charge in [-0.2, -0.15) is 0 Å². The normalized spacial score (nSPS) is 18.0. The van der Waals surface area contributed by atoms with Crippen LogP contribution in [0.15, 0.2) is 78.9 Å². The molecule has 1 aliphatic carbocycles. The molecule has 3 aromatic carbocycles. The Hall–Kier alpha value is -3.47. The van der Waals surface area contributed by atoms with E-state index in [0.29, 0.717) is 17.4 Å². The molecule has 152 valence electrons. The van der Waals surface area contributed by atoms with E-state index >= 15 is 0 Å². The van der Waals surface area contributed by atoms with Crippen molar-refractivity contribution < 1.29 is 9.53 Å². The minimum absolute atomic E-state index is 0.123. The zero-order valence-electron chi connectivity index (χ0n) is 16.8. The quantitative estimate of drug-likeness (QED) is 0.606. The lowest BCUT2D eigenvalue weighted by Crippen LogP contribution is -2.53. The van der Waals surface area contributed by atoms with Crippen LogP contribution in [0, 0.1) is 0 Å². The van der Waals surface area contributed by atoms with Crippen LogP contribution < -0.4 is 20.3 Å². The molecule has 5 heteroatoms. The van der Waals surface area contributed by atoms with Gasteiger partial charge >= 0.3 is 0 Å². The maximum absolute atomic E-state index is 13.1. The third-order valence-electron chi connectivity index (χ3n) is 5.81. The molecule has 0 radical (unpaired) electrons. The summed E-state index contributed by atoms with van der Waals surface area (Å²) in [5.74, 6) is 1.27. The van der Waals surface area contributed by atoms with Gasteiger partial charge in [-0.3, -0.25) is 4.79 Å². The number of carbonyl (C=O) groups excluding carboxylic acids is 1. The summed E-state index contributed by atoms with van der Waals surface area (Å²) in [6.45, 7) is 0. The van der Waals surface area contributed by atoms with Gasteiger partial charge < -0.3 is 20.3 Å². The van der Waals surface area contributed by atoms with E-state index in [9.17, 15) is 4.79 Å². The van der Waals surface area contributed by atoms with Gasteiger partial charge in [0.25, 0.3) is 5.91 Å². The van der Waals surface area contributed by atoms with E-state index in [1.165, 1.54) is 12.8 Å². The molecule has 0 aromatic heterocycles. The average Bonchev–Trinajstić information content (AvgIpc) is 3.42. The van der Waals surface area contributed by atoms with Crippen molar-refractivity contribution in [1.29, 1.82) is 0 Å². The van der Waals surface area contributed by atoms with Crippen LogP contribution in [0.2, 0.25) is 0 Å². The second kappa shape index (κ2) is 8.11. The molecule has 1 heterocycles. The molecule has 1 atom stereocenters. The highest BCUT2D eigenvalue weighted by molar-refractivity contribution is 5.95. The van der Waals surface area contributed by atoms with Crippen molar-refractivity contribution in [2.45, 2.75) is 38.0 Å².